The monoisotopic (exact) mass is 337 g/mol. The number of urea groups is 1. The number of rotatable bonds is 3. The topological polar surface area (TPSA) is 71.4 Å². The Bertz CT molecular complexity index is 894. The van der Waals surface area contributed by atoms with E-state index in [2.05, 4.69) is 9.88 Å². The van der Waals surface area contributed by atoms with Crippen molar-refractivity contribution in [1.29, 1.82) is 0 Å². The first-order chi connectivity index (χ1) is 11.9. The van der Waals surface area contributed by atoms with Gasteiger partial charge in [0.2, 0.25) is 0 Å². The number of carbonyl (C=O) groups excluding carboxylic acids is 3. The van der Waals surface area contributed by atoms with Gasteiger partial charge in [-0.05, 0) is 50.6 Å². The molecule has 0 saturated carbocycles. The molecule has 3 rings (SSSR count). The molecule has 0 unspecified atom stereocenters. The van der Waals surface area contributed by atoms with Gasteiger partial charge in [0.05, 0.1) is 0 Å². The molecule has 0 bridgehead atoms. The van der Waals surface area contributed by atoms with Gasteiger partial charge in [0.15, 0.2) is 0 Å². The molecule has 1 fully saturated rings. The smallest absolute Gasteiger partial charge is 0.318 e. The largest absolute Gasteiger partial charge is 0.331 e. The zero-order valence-electron chi connectivity index (χ0n) is 14.4. The number of nitrogens with one attached hydrogen (secondary N) is 1. The molecule has 2 heterocycles. The van der Waals surface area contributed by atoms with Crippen LogP contribution in [0.15, 0.2) is 42.0 Å². The highest BCUT2D eigenvalue weighted by molar-refractivity contribution is 6.31. The minimum atomic E-state index is -0.676. The third kappa shape index (κ3) is 2.87. The lowest BCUT2D eigenvalue weighted by Crippen LogP contribution is -2.53. The molecule has 1 aromatic carbocycles. The van der Waals surface area contributed by atoms with Gasteiger partial charge in [0.1, 0.15) is 5.57 Å². The average Bonchev–Trinajstić information content (AvgIpc) is 2.86. The van der Waals surface area contributed by atoms with Crippen LogP contribution in [0, 0.1) is 13.8 Å². The maximum absolute atomic E-state index is 12.4. The number of hydrogen-bond acceptors (Lipinski definition) is 3. The van der Waals surface area contributed by atoms with Crippen molar-refractivity contribution in [3.8, 4) is 5.69 Å². The Balaban J connectivity index is 2.06. The summed E-state index contributed by atoms with van der Waals surface area (Å²) in [4.78, 5) is 37.2. The van der Waals surface area contributed by atoms with Crippen molar-refractivity contribution in [3.63, 3.8) is 0 Å². The van der Waals surface area contributed by atoms with Gasteiger partial charge in [-0.25, -0.2) is 4.79 Å². The van der Waals surface area contributed by atoms with Gasteiger partial charge >= 0.3 is 6.03 Å². The molecule has 128 valence electrons. The molecule has 0 aliphatic carbocycles. The van der Waals surface area contributed by atoms with Gasteiger partial charge < -0.3 is 4.57 Å². The Hall–Kier alpha value is -3.15. The first-order valence-electron chi connectivity index (χ1n) is 8.07. The van der Waals surface area contributed by atoms with Gasteiger partial charge in [-0.1, -0.05) is 18.2 Å². The predicted molar refractivity (Wildman–Crippen MR) is 94.1 cm³/mol. The van der Waals surface area contributed by atoms with Crippen LogP contribution in [-0.2, 0) is 9.59 Å². The number of benzene rings is 1. The van der Waals surface area contributed by atoms with Crippen molar-refractivity contribution in [1.82, 2.24) is 14.8 Å². The highest BCUT2D eigenvalue weighted by Crippen LogP contribution is 2.24. The maximum atomic E-state index is 12.4. The Morgan fingerprint density at radius 2 is 1.76 bits per heavy atom. The van der Waals surface area contributed by atoms with Crippen LogP contribution in [0.5, 0.6) is 0 Å². The molecular weight excluding hydrogens is 318 g/mol. The number of para-hydroxylation sites is 1. The summed E-state index contributed by atoms with van der Waals surface area (Å²) in [6.07, 6.45) is 1.55. The van der Waals surface area contributed by atoms with Gasteiger partial charge in [0, 0.05) is 23.6 Å². The lowest BCUT2D eigenvalue weighted by molar-refractivity contribution is -0.129. The molecule has 1 N–H and O–H groups in total. The fourth-order valence-electron chi connectivity index (χ4n) is 3.04. The van der Waals surface area contributed by atoms with E-state index >= 15 is 0 Å². The van der Waals surface area contributed by atoms with Crippen molar-refractivity contribution < 1.29 is 14.4 Å². The van der Waals surface area contributed by atoms with Gasteiger partial charge in [-0.3, -0.25) is 19.8 Å². The van der Waals surface area contributed by atoms with Crippen LogP contribution in [0.3, 0.4) is 0 Å². The summed E-state index contributed by atoms with van der Waals surface area (Å²) in [5.41, 5.74) is 3.64. The van der Waals surface area contributed by atoms with Crippen LogP contribution in [0.2, 0.25) is 0 Å². The van der Waals surface area contributed by atoms with Crippen molar-refractivity contribution in [2.75, 3.05) is 6.54 Å². The maximum Gasteiger partial charge on any atom is 0.331 e. The lowest BCUT2D eigenvalue weighted by Gasteiger charge is -2.24. The lowest BCUT2D eigenvalue weighted by atomic mass is 10.1. The van der Waals surface area contributed by atoms with Gasteiger partial charge in [-0.2, -0.15) is 0 Å². The van der Waals surface area contributed by atoms with E-state index in [4.69, 9.17) is 0 Å². The fraction of sp³-hybridized carbons (Fsp3) is 0.211. The standard InChI is InChI=1S/C19H19N3O3/c1-4-21-18(24)16(17(23)20-19(21)25)11-14-10-12(2)22(13(14)3)15-8-6-5-7-9-15/h5-11H,4H2,1-3H3,(H,20,23,25)/b16-11+. The molecule has 1 aromatic heterocycles. The SMILES string of the molecule is CCN1C(=O)NC(=O)/C(=C\c2cc(C)n(-c3ccccc3)c2C)C1=O. The molecule has 6 heteroatoms. The Kier molecular flexibility index (Phi) is 4.27. The first-order valence-corrected chi connectivity index (χ1v) is 8.07. The second-order valence-electron chi connectivity index (χ2n) is 5.86. The quantitative estimate of drug-likeness (QED) is 0.691. The number of barbiturate groups is 1. The van der Waals surface area contributed by atoms with Crippen LogP contribution in [0.25, 0.3) is 11.8 Å². The minimum Gasteiger partial charge on any atom is -0.318 e. The molecule has 4 amide bonds. The van der Waals surface area contributed by atoms with E-state index in [0.29, 0.717) is 0 Å². The normalized spacial score (nSPS) is 16.5. The minimum absolute atomic E-state index is 0.0326. The van der Waals surface area contributed by atoms with E-state index in [1.54, 1.807) is 13.0 Å². The number of likely N-dealkylation sites (N-methyl/N-ethyl adjacent to an activating group) is 1. The Morgan fingerprint density at radius 1 is 1.08 bits per heavy atom. The third-order valence-electron chi connectivity index (χ3n) is 4.29. The first kappa shape index (κ1) is 16.7. The summed E-state index contributed by atoms with van der Waals surface area (Å²) in [6, 6.07) is 11.1. The molecule has 1 saturated heterocycles. The highest BCUT2D eigenvalue weighted by Gasteiger charge is 2.34. The summed E-state index contributed by atoms with van der Waals surface area (Å²) in [7, 11) is 0. The Labute approximate surface area is 145 Å². The summed E-state index contributed by atoms with van der Waals surface area (Å²) in [5, 5.41) is 2.21. The molecule has 25 heavy (non-hydrogen) atoms. The summed E-state index contributed by atoms with van der Waals surface area (Å²) < 4.78 is 2.06. The zero-order valence-corrected chi connectivity index (χ0v) is 14.4. The van der Waals surface area contributed by atoms with Gasteiger partial charge in [-0.15, -0.1) is 0 Å². The fourth-order valence-corrected chi connectivity index (χ4v) is 3.04. The van der Waals surface area contributed by atoms with Crippen molar-refractivity contribution in [2.45, 2.75) is 20.8 Å². The number of carbonyl (C=O) groups is 3. The third-order valence-corrected chi connectivity index (χ3v) is 4.29. The van der Waals surface area contributed by atoms with Crippen LogP contribution >= 0.6 is 0 Å². The summed E-state index contributed by atoms with van der Waals surface area (Å²) >= 11 is 0. The van der Waals surface area contributed by atoms with E-state index in [0.717, 1.165) is 27.5 Å². The van der Waals surface area contributed by atoms with Gasteiger partial charge in [0.25, 0.3) is 11.8 Å². The molecular formula is C19H19N3O3. The Morgan fingerprint density at radius 3 is 2.40 bits per heavy atom. The van der Waals surface area contributed by atoms with Crippen molar-refractivity contribution in [3.05, 3.63) is 58.9 Å². The molecule has 0 spiro atoms. The number of imide groups is 2. The predicted octanol–water partition coefficient (Wildman–Crippen LogP) is 2.58. The van der Waals surface area contributed by atoms with Crippen molar-refractivity contribution >= 4 is 23.9 Å². The number of hydrogen-bond donors (Lipinski definition) is 1. The van der Waals surface area contributed by atoms with Crippen LogP contribution in [0.4, 0.5) is 4.79 Å². The number of nitrogens with zero attached hydrogens (tertiary/aromatic N) is 2. The van der Waals surface area contributed by atoms with E-state index in [1.165, 1.54) is 0 Å². The van der Waals surface area contributed by atoms with Crippen molar-refractivity contribution in [2.24, 2.45) is 0 Å². The van der Waals surface area contributed by atoms with E-state index in [9.17, 15) is 14.4 Å². The molecule has 0 radical (unpaired) electrons. The van der Waals surface area contributed by atoms with E-state index in [-0.39, 0.29) is 12.1 Å². The molecule has 0 atom stereocenters. The average molecular weight is 337 g/mol. The second-order valence-corrected chi connectivity index (χ2v) is 5.86. The van der Waals surface area contributed by atoms with Crippen LogP contribution in [0.1, 0.15) is 23.9 Å². The van der Waals surface area contributed by atoms with Crippen LogP contribution in [-0.4, -0.2) is 33.9 Å². The molecule has 1 aliphatic heterocycles. The number of aromatic nitrogens is 1. The molecule has 2 aromatic rings. The summed E-state index contributed by atoms with van der Waals surface area (Å²) in [6.45, 7) is 5.79. The molecule has 6 nitrogen and oxygen atoms in total. The second kappa shape index (κ2) is 6.39. The van der Waals surface area contributed by atoms with Crippen LogP contribution < -0.4 is 5.32 Å². The zero-order chi connectivity index (χ0) is 18.1. The highest BCUT2D eigenvalue weighted by atomic mass is 16.2. The number of amides is 4. The molecule has 1 aliphatic rings. The summed E-state index contributed by atoms with van der Waals surface area (Å²) in [5.74, 6) is -1.23. The van der Waals surface area contributed by atoms with E-state index in [1.807, 2.05) is 50.2 Å². The number of aryl methyl sites for hydroxylation is 1. The van der Waals surface area contributed by atoms with E-state index < -0.39 is 17.8 Å².